The van der Waals surface area contributed by atoms with E-state index in [0.29, 0.717) is 33.5 Å². The number of nitrogens with one attached hydrogen (secondary N) is 2. The minimum atomic E-state index is -0.966. The smallest absolute Gasteiger partial charge is 0.255 e. The average molecular weight is 961 g/mol. The number of β-amino-alcohol motifs (C(OH)–C–C–N with tert-alkyl or cyclic N) is 1. The molecule has 1 fully saturated rings. The number of thiazole rings is 1. The van der Waals surface area contributed by atoms with E-state index >= 15 is 0 Å². The lowest BCUT2D eigenvalue weighted by Gasteiger charge is -2.35. The number of aliphatic imine (C=N–C) groups is 1. The molecule has 0 spiro atoms. The maximum Gasteiger partial charge on any atom is 0.255 e. The predicted molar refractivity (Wildman–Crippen MR) is 257 cm³/mol. The van der Waals surface area contributed by atoms with E-state index in [2.05, 4.69) is 39.7 Å². The van der Waals surface area contributed by atoms with Crippen molar-refractivity contribution in [1.82, 2.24) is 40.2 Å². The van der Waals surface area contributed by atoms with Crippen molar-refractivity contribution in [3.8, 4) is 21.2 Å². The van der Waals surface area contributed by atoms with Crippen LogP contribution in [0.2, 0.25) is 5.02 Å². The molecule has 6 heterocycles. The minimum Gasteiger partial charge on any atom is -0.473 e. The van der Waals surface area contributed by atoms with Crippen molar-refractivity contribution >= 4 is 63.6 Å². The number of carbonyl (C=O) groups excluding carboxylic acids is 4. The van der Waals surface area contributed by atoms with Crippen molar-refractivity contribution in [3.05, 3.63) is 133 Å². The number of aliphatic hydroxyl groups is 1. The predicted octanol–water partition coefficient (Wildman–Crippen LogP) is 7.03. The fourth-order valence-electron chi connectivity index (χ4n) is 9.19. The zero-order valence-electron chi connectivity index (χ0n) is 37.9. The zero-order chi connectivity index (χ0) is 47.3. The van der Waals surface area contributed by atoms with Crippen LogP contribution >= 0.6 is 34.3 Å². The Labute approximate surface area is 400 Å². The standard InChI is InChI=1S/C49H50ClN9O6S2/c1-25(2)43(58-21-33-9-7-8-10-36(33)47(58)63)48(64)57-22-35(60)18-38(57)46(62)51-20-32-12-11-31(44-27(4)53-24-66-44)17-39(32)65-23-52-40(61)19-37-45-56-55-29(6)59(45)49-41(26(3)28(5)67-49)42(54-37)30-13-15-34(50)16-14-30/h7-17,24-25,35,37-38,43,60H,18-23H2,1-6H3,(H,51,62)(H,52,61)/t35-,37+,38+,43+/m1/s1. The molecule has 67 heavy (non-hydrogen) atoms. The fourth-order valence-corrected chi connectivity index (χ4v) is 11.3. The number of hydrogen-bond donors (Lipinski definition) is 3. The number of likely N-dealkylation sites (tertiary alicyclic amines) is 1. The molecule has 15 nitrogen and oxygen atoms in total. The molecule has 0 saturated carbocycles. The normalized spacial score (nSPS) is 18.0. The lowest BCUT2D eigenvalue weighted by Crippen LogP contribution is -2.55. The molecule has 9 rings (SSSR count). The Balaban J connectivity index is 0.916. The van der Waals surface area contributed by atoms with Gasteiger partial charge in [-0.15, -0.1) is 32.9 Å². The molecule has 18 heteroatoms. The van der Waals surface area contributed by atoms with Crippen molar-refractivity contribution in [2.24, 2.45) is 10.9 Å². The van der Waals surface area contributed by atoms with E-state index in [0.717, 1.165) is 54.0 Å². The monoisotopic (exact) mass is 959 g/mol. The molecular formula is C49H50ClN9O6S2. The third-order valence-corrected chi connectivity index (χ3v) is 15.1. The first-order valence-corrected chi connectivity index (χ1v) is 24.2. The van der Waals surface area contributed by atoms with Crippen LogP contribution in [0.4, 0.5) is 0 Å². The van der Waals surface area contributed by atoms with Crippen LogP contribution in [-0.4, -0.2) is 95.5 Å². The van der Waals surface area contributed by atoms with Gasteiger partial charge in [-0.3, -0.25) is 28.7 Å². The molecule has 1 saturated heterocycles. The van der Waals surface area contributed by atoms with Gasteiger partial charge in [-0.1, -0.05) is 67.9 Å². The van der Waals surface area contributed by atoms with Crippen LogP contribution in [0.25, 0.3) is 15.4 Å². The van der Waals surface area contributed by atoms with Crippen LogP contribution in [0, 0.1) is 33.6 Å². The van der Waals surface area contributed by atoms with E-state index in [4.69, 9.17) is 21.3 Å². The number of halogens is 1. The Hall–Kier alpha value is -6.27. The number of aliphatic hydroxyl groups excluding tert-OH is 1. The Morgan fingerprint density at radius 3 is 2.48 bits per heavy atom. The molecule has 3 aliphatic rings. The van der Waals surface area contributed by atoms with Gasteiger partial charge in [0, 0.05) is 58.2 Å². The van der Waals surface area contributed by atoms with E-state index in [1.54, 1.807) is 33.9 Å². The number of aromatic nitrogens is 4. The van der Waals surface area contributed by atoms with E-state index in [-0.39, 0.29) is 62.8 Å². The first-order chi connectivity index (χ1) is 32.2. The summed E-state index contributed by atoms with van der Waals surface area (Å²) in [4.78, 5) is 70.5. The molecule has 0 aliphatic carbocycles. The molecule has 0 unspecified atom stereocenters. The topological polar surface area (TPSA) is 184 Å². The number of thiophene rings is 1. The van der Waals surface area contributed by atoms with Crippen molar-refractivity contribution in [2.75, 3.05) is 13.3 Å². The summed E-state index contributed by atoms with van der Waals surface area (Å²) in [5.74, 6) is -0.000502. The molecule has 0 radical (unpaired) electrons. The summed E-state index contributed by atoms with van der Waals surface area (Å²) >= 11 is 9.41. The highest BCUT2D eigenvalue weighted by Gasteiger charge is 2.46. The van der Waals surface area contributed by atoms with Crippen LogP contribution in [-0.2, 0) is 27.5 Å². The van der Waals surface area contributed by atoms with Gasteiger partial charge in [0.1, 0.15) is 34.7 Å². The largest absolute Gasteiger partial charge is 0.473 e. The van der Waals surface area contributed by atoms with Gasteiger partial charge >= 0.3 is 0 Å². The molecule has 3 aliphatic heterocycles. The van der Waals surface area contributed by atoms with Crippen LogP contribution < -0.4 is 15.4 Å². The third kappa shape index (κ3) is 8.88. The second kappa shape index (κ2) is 18.8. The quantitative estimate of drug-likeness (QED) is 0.102. The molecule has 3 aromatic heterocycles. The number of rotatable bonds is 13. The van der Waals surface area contributed by atoms with E-state index in [9.17, 15) is 24.3 Å². The molecule has 346 valence electrons. The van der Waals surface area contributed by atoms with Crippen LogP contribution in [0.3, 0.4) is 0 Å². The van der Waals surface area contributed by atoms with Crippen molar-refractivity contribution in [2.45, 2.75) is 91.7 Å². The molecule has 3 N–H and O–H groups in total. The van der Waals surface area contributed by atoms with Crippen LogP contribution in [0.1, 0.15) is 93.1 Å². The summed E-state index contributed by atoms with van der Waals surface area (Å²) in [7, 11) is 0. The summed E-state index contributed by atoms with van der Waals surface area (Å²) in [6.07, 6.45) is -0.920. The number of carbonyl (C=O) groups is 4. The number of ether oxygens (including phenoxy) is 1. The number of amides is 4. The SMILES string of the molecule is Cc1ncsc1-c1ccc(CNC(=O)[C@@H]2C[C@@H](O)CN2C(=O)[C@H](C(C)C)N2Cc3ccccc3C2=O)c(OCNC(=O)C[C@@H]2N=C(c3ccc(Cl)cc3)c3c(sc(C)c3C)-n3c(C)nnc32)c1. The van der Waals surface area contributed by atoms with Gasteiger partial charge in [-0.25, -0.2) is 4.98 Å². The summed E-state index contributed by atoms with van der Waals surface area (Å²) < 4.78 is 8.30. The second-order valence-electron chi connectivity index (χ2n) is 17.5. The summed E-state index contributed by atoms with van der Waals surface area (Å²) in [6, 6.07) is 17.9. The summed E-state index contributed by atoms with van der Waals surface area (Å²) in [5.41, 5.74) is 9.13. The molecular weight excluding hydrogens is 910 g/mol. The number of nitrogens with zero attached hydrogens (tertiary/aromatic N) is 7. The Morgan fingerprint density at radius 2 is 1.75 bits per heavy atom. The highest BCUT2D eigenvalue weighted by Crippen LogP contribution is 2.40. The second-order valence-corrected chi connectivity index (χ2v) is 20.0. The Bertz CT molecular complexity index is 2940. The van der Waals surface area contributed by atoms with Gasteiger partial charge < -0.3 is 30.3 Å². The number of hydrogen-bond acceptors (Lipinski definition) is 12. The summed E-state index contributed by atoms with van der Waals surface area (Å²) in [5, 5.41) is 27.2. The molecule has 6 aromatic rings. The lowest BCUT2D eigenvalue weighted by molar-refractivity contribution is -0.143. The maximum atomic E-state index is 14.3. The van der Waals surface area contributed by atoms with Crippen molar-refractivity contribution in [3.63, 3.8) is 0 Å². The van der Waals surface area contributed by atoms with E-state index in [1.165, 1.54) is 16.2 Å². The summed E-state index contributed by atoms with van der Waals surface area (Å²) in [6.45, 7) is 11.8. The van der Waals surface area contributed by atoms with Crippen LogP contribution in [0.5, 0.6) is 5.75 Å². The van der Waals surface area contributed by atoms with Crippen molar-refractivity contribution in [1.29, 1.82) is 0 Å². The van der Waals surface area contributed by atoms with Gasteiger partial charge in [0.15, 0.2) is 12.6 Å². The highest BCUT2D eigenvalue weighted by molar-refractivity contribution is 7.15. The van der Waals surface area contributed by atoms with E-state index < -0.39 is 30.1 Å². The lowest BCUT2D eigenvalue weighted by atomic mass is 9.99. The third-order valence-electron chi connectivity index (χ3n) is 12.7. The molecule has 4 amide bonds. The molecule has 0 bridgehead atoms. The van der Waals surface area contributed by atoms with Gasteiger partial charge in [0.2, 0.25) is 17.7 Å². The van der Waals surface area contributed by atoms with Crippen LogP contribution in [0.15, 0.2) is 77.2 Å². The maximum absolute atomic E-state index is 14.3. The number of fused-ring (bicyclic) bond motifs is 4. The Kier molecular flexibility index (Phi) is 12.9. The number of benzene rings is 3. The Morgan fingerprint density at radius 1 is 0.985 bits per heavy atom. The van der Waals surface area contributed by atoms with Gasteiger partial charge in [0.25, 0.3) is 5.91 Å². The number of aryl methyl sites for hydroxylation is 3. The fraction of sp³-hybridized carbons (Fsp3) is 0.347. The molecule has 3 aromatic carbocycles. The highest BCUT2D eigenvalue weighted by atomic mass is 35.5. The minimum absolute atomic E-state index is 0.0223. The first-order valence-electron chi connectivity index (χ1n) is 22.1. The first kappa shape index (κ1) is 45.9. The van der Waals surface area contributed by atoms with E-state index in [1.807, 2.05) is 86.9 Å². The molecule has 4 atom stereocenters. The van der Waals surface area contributed by atoms with Gasteiger partial charge in [-0.2, -0.15) is 0 Å². The zero-order valence-corrected chi connectivity index (χ0v) is 40.3. The average Bonchev–Trinajstić information content (AvgIpc) is 4.12. The van der Waals surface area contributed by atoms with Gasteiger partial charge in [0.05, 0.1) is 34.3 Å². The van der Waals surface area contributed by atoms with Crippen molar-refractivity contribution < 1.29 is 29.0 Å². The van der Waals surface area contributed by atoms with Gasteiger partial charge in [-0.05, 0) is 74.6 Å².